The Bertz CT molecular complexity index is 664. The van der Waals surface area contributed by atoms with Crippen molar-refractivity contribution in [3.8, 4) is 0 Å². The van der Waals surface area contributed by atoms with Gasteiger partial charge in [-0.25, -0.2) is 13.1 Å². The number of morpholine rings is 1. The minimum Gasteiger partial charge on any atom is -0.379 e. The maximum Gasteiger partial charge on any atom is 0.240 e. The second-order valence-electron chi connectivity index (χ2n) is 7.02. The summed E-state index contributed by atoms with van der Waals surface area (Å²) in [5.74, 6) is 0. The van der Waals surface area contributed by atoms with Gasteiger partial charge in [0.2, 0.25) is 10.0 Å². The van der Waals surface area contributed by atoms with Crippen LogP contribution in [0.25, 0.3) is 0 Å². The van der Waals surface area contributed by atoms with Crippen molar-refractivity contribution in [2.24, 2.45) is 0 Å². The summed E-state index contributed by atoms with van der Waals surface area (Å²) >= 11 is 0. The number of hydrogen-bond acceptors (Lipinski definition) is 4. The molecule has 1 saturated heterocycles. The molecule has 0 amide bonds. The van der Waals surface area contributed by atoms with E-state index in [0.29, 0.717) is 24.7 Å². The molecule has 1 aliphatic heterocycles. The van der Waals surface area contributed by atoms with E-state index in [-0.39, 0.29) is 5.54 Å². The molecule has 23 heavy (non-hydrogen) atoms. The number of hydrogen-bond donors (Lipinski definition) is 1. The summed E-state index contributed by atoms with van der Waals surface area (Å²) < 4.78 is 33.4. The molecule has 0 saturated carbocycles. The average Bonchev–Trinajstić information content (AvgIpc) is 3.02. The summed E-state index contributed by atoms with van der Waals surface area (Å²) in [6.07, 6.45) is 3.17. The number of ether oxygens (including phenoxy) is 1. The van der Waals surface area contributed by atoms with Gasteiger partial charge in [0.25, 0.3) is 0 Å². The van der Waals surface area contributed by atoms with Crippen LogP contribution in [-0.4, -0.2) is 51.7 Å². The molecule has 1 aliphatic carbocycles. The zero-order chi connectivity index (χ0) is 16.5. The molecule has 0 radical (unpaired) electrons. The third-order valence-corrected chi connectivity index (χ3v) is 6.34. The van der Waals surface area contributed by atoms with Crippen LogP contribution in [0.15, 0.2) is 23.1 Å². The van der Waals surface area contributed by atoms with Crippen molar-refractivity contribution in [2.45, 2.75) is 43.5 Å². The molecule has 5 nitrogen and oxygen atoms in total. The third kappa shape index (κ3) is 3.76. The number of aryl methyl sites for hydroxylation is 2. The summed E-state index contributed by atoms with van der Waals surface area (Å²) in [6.45, 7) is 7.64. The Balaban J connectivity index is 1.68. The Labute approximate surface area is 139 Å². The lowest BCUT2D eigenvalue weighted by molar-refractivity contribution is -0.00803. The van der Waals surface area contributed by atoms with E-state index in [1.54, 1.807) is 6.07 Å². The van der Waals surface area contributed by atoms with Gasteiger partial charge in [0.1, 0.15) is 0 Å². The summed E-state index contributed by atoms with van der Waals surface area (Å²) in [4.78, 5) is 2.66. The van der Waals surface area contributed by atoms with E-state index >= 15 is 0 Å². The number of nitrogens with one attached hydrogen (secondary N) is 1. The maximum atomic E-state index is 12.6. The quantitative estimate of drug-likeness (QED) is 0.885. The minimum absolute atomic E-state index is 0.229. The molecule has 2 aliphatic rings. The van der Waals surface area contributed by atoms with Crippen LogP contribution in [0.4, 0.5) is 0 Å². The van der Waals surface area contributed by atoms with Gasteiger partial charge in [-0.2, -0.15) is 0 Å². The summed E-state index contributed by atoms with van der Waals surface area (Å²) in [7, 11) is -3.46. The van der Waals surface area contributed by atoms with Crippen molar-refractivity contribution in [2.75, 3.05) is 32.8 Å². The molecule has 1 aromatic carbocycles. The number of nitrogens with zero attached hydrogens (tertiary/aromatic N) is 1. The molecule has 6 heteroatoms. The van der Waals surface area contributed by atoms with Crippen LogP contribution in [0.2, 0.25) is 0 Å². The van der Waals surface area contributed by atoms with Gasteiger partial charge in [0.05, 0.1) is 18.1 Å². The van der Waals surface area contributed by atoms with Gasteiger partial charge in [-0.05, 0) is 56.4 Å². The van der Waals surface area contributed by atoms with Crippen molar-refractivity contribution in [1.82, 2.24) is 9.62 Å². The van der Waals surface area contributed by atoms with Crippen LogP contribution in [-0.2, 0) is 27.6 Å². The SMILES string of the molecule is CC(C)(CNS(=O)(=O)c1ccc2c(c1)CCC2)N1CCOCC1. The minimum atomic E-state index is -3.46. The highest BCUT2D eigenvalue weighted by Gasteiger charge is 2.30. The third-order valence-electron chi connectivity index (χ3n) is 4.94. The molecular weight excluding hydrogens is 312 g/mol. The highest BCUT2D eigenvalue weighted by Crippen LogP contribution is 2.25. The van der Waals surface area contributed by atoms with Crippen LogP contribution in [0.5, 0.6) is 0 Å². The van der Waals surface area contributed by atoms with Crippen LogP contribution in [0.3, 0.4) is 0 Å². The zero-order valence-electron chi connectivity index (χ0n) is 14.0. The molecule has 0 aromatic heterocycles. The fourth-order valence-corrected chi connectivity index (χ4v) is 4.61. The normalized spacial score (nSPS) is 19.7. The Morgan fingerprint density at radius 3 is 2.61 bits per heavy atom. The molecule has 128 valence electrons. The summed E-state index contributed by atoms with van der Waals surface area (Å²) in [5.41, 5.74) is 2.24. The topological polar surface area (TPSA) is 58.6 Å². The van der Waals surface area contributed by atoms with Gasteiger partial charge >= 0.3 is 0 Å². The molecule has 3 rings (SSSR count). The first-order valence-corrected chi connectivity index (χ1v) is 9.81. The molecule has 0 bridgehead atoms. The molecule has 1 aromatic rings. The molecule has 0 atom stereocenters. The number of benzene rings is 1. The predicted molar refractivity (Wildman–Crippen MR) is 90.1 cm³/mol. The monoisotopic (exact) mass is 338 g/mol. The highest BCUT2D eigenvalue weighted by atomic mass is 32.2. The lowest BCUT2D eigenvalue weighted by Crippen LogP contribution is -2.55. The van der Waals surface area contributed by atoms with Crippen molar-refractivity contribution >= 4 is 10.0 Å². The molecular formula is C17H26N2O3S. The number of sulfonamides is 1. The van der Waals surface area contributed by atoms with Gasteiger partial charge < -0.3 is 4.74 Å². The molecule has 1 fully saturated rings. The van der Waals surface area contributed by atoms with Crippen molar-refractivity contribution < 1.29 is 13.2 Å². The lowest BCUT2D eigenvalue weighted by Gasteiger charge is -2.40. The summed E-state index contributed by atoms with van der Waals surface area (Å²) in [5, 5.41) is 0. The van der Waals surface area contributed by atoms with E-state index in [9.17, 15) is 8.42 Å². The molecule has 1 heterocycles. The largest absolute Gasteiger partial charge is 0.379 e. The van der Waals surface area contributed by atoms with Gasteiger partial charge in [-0.15, -0.1) is 0 Å². The van der Waals surface area contributed by atoms with Gasteiger partial charge in [-0.1, -0.05) is 6.07 Å². The van der Waals surface area contributed by atoms with Crippen LogP contribution >= 0.6 is 0 Å². The molecule has 0 spiro atoms. The molecule has 1 N–H and O–H groups in total. The van der Waals surface area contributed by atoms with Crippen molar-refractivity contribution in [3.05, 3.63) is 29.3 Å². The molecule has 0 unspecified atom stereocenters. The second kappa shape index (κ2) is 6.51. The summed E-state index contributed by atoms with van der Waals surface area (Å²) in [6, 6.07) is 5.53. The first kappa shape index (κ1) is 16.9. The Morgan fingerprint density at radius 2 is 1.87 bits per heavy atom. The average molecular weight is 338 g/mol. The van der Waals surface area contributed by atoms with Gasteiger partial charge in [0, 0.05) is 25.2 Å². The Kier molecular flexibility index (Phi) is 4.78. The van der Waals surface area contributed by atoms with E-state index in [4.69, 9.17) is 4.74 Å². The maximum absolute atomic E-state index is 12.6. The number of rotatable bonds is 5. The van der Waals surface area contributed by atoms with E-state index in [0.717, 1.165) is 32.4 Å². The van der Waals surface area contributed by atoms with E-state index in [1.807, 2.05) is 12.1 Å². The first-order chi connectivity index (χ1) is 10.9. The second-order valence-corrected chi connectivity index (χ2v) is 8.79. The predicted octanol–water partition coefficient (Wildman–Crippen LogP) is 1.56. The van der Waals surface area contributed by atoms with Crippen molar-refractivity contribution in [3.63, 3.8) is 0 Å². The fraction of sp³-hybridized carbons (Fsp3) is 0.647. The fourth-order valence-electron chi connectivity index (χ4n) is 3.35. The highest BCUT2D eigenvalue weighted by molar-refractivity contribution is 7.89. The van der Waals surface area contributed by atoms with Crippen LogP contribution in [0.1, 0.15) is 31.4 Å². The standard InChI is InChI=1S/C17H26N2O3S/c1-17(2,19-8-10-22-11-9-19)13-18-23(20,21)16-7-6-14-4-3-5-15(14)12-16/h6-7,12,18H,3-5,8-11,13H2,1-2H3. The van der Waals surface area contributed by atoms with E-state index in [1.165, 1.54) is 11.1 Å². The van der Waals surface area contributed by atoms with E-state index < -0.39 is 10.0 Å². The first-order valence-electron chi connectivity index (χ1n) is 8.33. The van der Waals surface area contributed by atoms with Crippen LogP contribution < -0.4 is 4.72 Å². The van der Waals surface area contributed by atoms with E-state index in [2.05, 4.69) is 23.5 Å². The smallest absolute Gasteiger partial charge is 0.240 e. The zero-order valence-corrected chi connectivity index (χ0v) is 14.8. The van der Waals surface area contributed by atoms with Crippen molar-refractivity contribution in [1.29, 1.82) is 0 Å². The Hall–Kier alpha value is -0.950. The van der Waals surface area contributed by atoms with Gasteiger partial charge in [-0.3, -0.25) is 4.90 Å². The lowest BCUT2D eigenvalue weighted by atomic mass is 10.0. The van der Waals surface area contributed by atoms with Crippen LogP contribution in [0, 0.1) is 0 Å². The Morgan fingerprint density at radius 1 is 1.17 bits per heavy atom. The number of fused-ring (bicyclic) bond motifs is 1. The van der Waals surface area contributed by atoms with Gasteiger partial charge in [0.15, 0.2) is 0 Å².